The minimum absolute atomic E-state index is 0.249. The Kier molecular flexibility index (Phi) is 11.3. The Hall–Kier alpha value is -5.14. The lowest BCUT2D eigenvalue weighted by Crippen LogP contribution is -2.20. The lowest BCUT2D eigenvalue weighted by Gasteiger charge is -2.22. The van der Waals surface area contributed by atoms with Gasteiger partial charge < -0.3 is 28.4 Å². The van der Waals surface area contributed by atoms with Crippen LogP contribution in [0, 0.1) is 0 Å². The van der Waals surface area contributed by atoms with Gasteiger partial charge in [0.1, 0.15) is 47.3 Å². The first-order valence-electron chi connectivity index (χ1n) is 12.4. The average molecular weight is 627 g/mol. The summed E-state index contributed by atoms with van der Waals surface area (Å²) in [7, 11) is 0. The Labute approximate surface area is 247 Å². The maximum Gasteiger partial charge on any atom is 0.420 e. The van der Waals surface area contributed by atoms with Crippen LogP contribution in [0.25, 0.3) is 0 Å². The van der Waals surface area contributed by atoms with E-state index in [1.807, 2.05) is 0 Å². The molecule has 3 aromatic rings. The van der Waals surface area contributed by atoms with Crippen LogP contribution in [0.1, 0.15) is 22.3 Å². The van der Waals surface area contributed by atoms with Crippen molar-refractivity contribution in [1.82, 2.24) is 0 Å². The van der Waals surface area contributed by atoms with Gasteiger partial charge in [-0.15, -0.1) is 0 Å². The van der Waals surface area contributed by atoms with Gasteiger partial charge in [-0.3, -0.25) is 0 Å². The van der Waals surface area contributed by atoms with Crippen LogP contribution in [0.3, 0.4) is 0 Å². The molecule has 0 unspecified atom stereocenters. The Morgan fingerprint density at radius 3 is 1.20 bits per heavy atom. The fourth-order valence-electron chi connectivity index (χ4n) is 3.48. The standard InChI is InChI=1S/C30H24F6O8/c1-3-25(37)43-17-41-21-9-5-19(6-10-21)15-39-23-13-14-24(28(30(34,35)36)27(23)29(31,32)33)40-16-20-7-11-22(12-8-20)42-18-44-26(38)4-2/h3-14H,1-2,15-18H2. The molecule has 0 aliphatic rings. The van der Waals surface area contributed by atoms with E-state index in [2.05, 4.69) is 22.6 Å². The Balaban J connectivity index is 1.74. The van der Waals surface area contributed by atoms with Crippen molar-refractivity contribution in [3.63, 3.8) is 0 Å². The molecule has 0 amide bonds. The summed E-state index contributed by atoms with van der Waals surface area (Å²) in [5.74, 6) is -3.02. The van der Waals surface area contributed by atoms with E-state index in [0.29, 0.717) is 11.1 Å². The summed E-state index contributed by atoms with van der Waals surface area (Å²) < 4.78 is 114. The molecule has 0 atom stereocenters. The molecule has 0 aliphatic carbocycles. The van der Waals surface area contributed by atoms with Crippen LogP contribution >= 0.6 is 0 Å². The third-order valence-electron chi connectivity index (χ3n) is 5.52. The molecule has 0 bridgehead atoms. The quantitative estimate of drug-likeness (QED) is 0.0817. The van der Waals surface area contributed by atoms with Gasteiger partial charge in [0.05, 0.1) is 0 Å². The van der Waals surface area contributed by atoms with Crippen molar-refractivity contribution in [1.29, 1.82) is 0 Å². The fourth-order valence-corrected chi connectivity index (χ4v) is 3.48. The molecule has 44 heavy (non-hydrogen) atoms. The molecule has 3 aromatic carbocycles. The summed E-state index contributed by atoms with van der Waals surface area (Å²) in [6, 6.07) is 12.7. The summed E-state index contributed by atoms with van der Waals surface area (Å²) in [5, 5.41) is 0. The first-order chi connectivity index (χ1) is 20.8. The van der Waals surface area contributed by atoms with E-state index >= 15 is 0 Å². The van der Waals surface area contributed by atoms with Crippen molar-refractivity contribution in [2.24, 2.45) is 0 Å². The van der Waals surface area contributed by atoms with Crippen LogP contribution < -0.4 is 18.9 Å². The highest BCUT2D eigenvalue weighted by molar-refractivity contribution is 5.81. The van der Waals surface area contributed by atoms with E-state index in [4.69, 9.17) is 18.9 Å². The molecule has 0 heterocycles. The number of ether oxygens (including phenoxy) is 6. The number of halogens is 6. The smallest absolute Gasteiger partial charge is 0.420 e. The first kappa shape index (κ1) is 33.4. The van der Waals surface area contributed by atoms with Gasteiger partial charge in [-0.25, -0.2) is 9.59 Å². The molecule has 8 nitrogen and oxygen atoms in total. The van der Waals surface area contributed by atoms with E-state index in [-0.39, 0.29) is 11.5 Å². The molecule has 234 valence electrons. The van der Waals surface area contributed by atoms with Crippen LogP contribution in [-0.4, -0.2) is 25.5 Å². The van der Waals surface area contributed by atoms with Gasteiger partial charge in [0.15, 0.2) is 0 Å². The molecule has 0 saturated carbocycles. The maximum atomic E-state index is 14.0. The second-order valence-electron chi connectivity index (χ2n) is 8.53. The topological polar surface area (TPSA) is 89.5 Å². The zero-order valence-corrected chi connectivity index (χ0v) is 22.7. The summed E-state index contributed by atoms with van der Waals surface area (Å²) in [5.41, 5.74) is -3.45. The number of benzene rings is 3. The molecular weight excluding hydrogens is 602 g/mol. The highest BCUT2D eigenvalue weighted by Gasteiger charge is 2.48. The summed E-state index contributed by atoms with van der Waals surface area (Å²) in [6.45, 7) is 4.60. The van der Waals surface area contributed by atoms with Crippen molar-refractivity contribution in [3.8, 4) is 23.0 Å². The van der Waals surface area contributed by atoms with Gasteiger partial charge in [-0.1, -0.05) is 37.4 Å². The first-order valence-corrected chi connectivity index (χ1v) is 12.4. The molecule has 0 radical (unpaired) electrons. The fraction of sp³-hybridized carbons (Fsp3) is 0.200. The van der Waals surface area contributed by atoms with Crippen LogP contribution in [0.5, 0.6) is 23.0 Å². The zero-order chi connectivity index (χ0) is 32.3. The largest absolute Gasteiger partial charge is 0.488 e. The number of hydrogen-bond donors (Lipinski definition) is 0. The summed E-state index contributed by atoms with van der Waals surface area (Å²) >= 11 is 0. The third-order valence-corrected chi connectivity index (χ3v) is 5.52. The molecule has 3 rings (SSSR count). The monoisotopic (exact) mass is 626 g/mol. The highest BCUT2D eigenvalue weighted by Crippen LogP contribution is 2.49. The van der Waals surface area contributed by atoms with Crippen LogP contribution in [0.2, 0.25) is 0 Å². The average Bonchev–Trinajstić information content (AvgIpc) is 2.98. The lowest BCUT2D eigenvalue weighted by molar-refractivity contribution is -0.164. The van der Waals surface area contributed by atoms with Crippen molar-refractivity contribution < 1.29 is 64.4 Å². The van der Waals surface area contributed by atoms with Crippen LogP contribution in [0.15, 0.2) is 86.0 Å². The maximum absolute atomic E-state index is 14.0. The van der Waals surface area contributed by atoms with Crippen molar-refractivity contribution in [2.45, 2.75) is 25.6 Å². The van der Waals surface area contributed by atoms with Gasteiger partial charge in [0.2, 0.25) is 13.6 Å². The predicted molar refractivity (Wildman–Crippen MR) is 142 cm³/mol. The number of esters is 2. The van der Waals surface area contributed by atoms with E-state index in [1.54, 1.807) is 0 Å². The number of rotatable bonds is 14. The van der Waals surface area contributed by atoms with E-state index in [0.717, 1.165) is 24.3 Å². The second-order valence-corrected chi connectivity index (χ2v) is 8.53. The summed E-state index contributed by atoms with van der Waals surface area (Å²) in [4.78, 5) is 22.1. The zero-order valence-electron chi connectivity index (χ0n) is 22.7. The molecule has 0 fully saturated rings. The highest BCUT2D eigenvalue weighted by atomic mass is 19.4. The lowest BCUT2D eigenvalue weighted by atomic mass is 10.0. The van der Waals surface area contributed by atoms with Crippen LogP contribution in [-0.2, 0) is 44.6 Å². The minimum atomic E-state index is -5.45. The summed E-state index contributed by atoms with van der Waals surface area (Å²) in [6.07, 6.45) is -9.03. The molecular formula is C30H24F6O8. The van der Waals surface area contributed by atoms with Gasteiger partial charge in [-0.05, 0) is 47.5 Å². The van der Waals surface area contributed by atoms with Gasteiger partial charge in [-0.2, -0.15) is 26.3 Å². The van der Waals surface area contributed by atoms with Gasteiger partial charge in [0.25, 0.3) is 0 Å². The molecule has 0 aliphatic heterocycles. The molecule has 0 saturated heterocycles. The predicted octanol–water partition coefficient (Wildman–Crippen LogP) is 7.01. The van der Waals surface area contributed by atoms with Crippen molar-refractivity contribution in [2.75, 3.05) is 13.6 Å². The second kappa shape index (κ2) is 14.8. The van der Waals surface area contributed by atoms with Gasteiger partial charge >= 0.3 is 24.3 Å². The minimum Gasteiger partial charge on any atom is -0.488 e. The molecule has 0 spiro atoms. The van der Waals surface area contributed by atoms with E-state index < -0.39 is 73.7 Å². The number of carbonyl (C=O) groups is 2. The Morgan fingerprint density at radius 2 is 0.909 bits per heavy atom. The van der Waals surface area contributed by atoms with Crippen molar-refractivity contribution >= 4 is 11.9 Å². The van der Waals surface area contributed by atoms with E-state index in [1.165, 1.54) is 48.5 Å². The number of carbonyl (C=O) groups excluding carboxylic acids is 2. The Morgan fingerprint density at radius 1 is 0.568 bits per heavy atom. The SMILES string of the molecule is C=CC(=O)OCOc1ccc(COc2ccc(OCc3ccc(OCOC(=O)C=C)cc3)c(C(F)(F)F)c2C(F)(F)F)cc1. The molecule has 14 heteroatoms. The Bertz CT molecular complexity index is 1340. The van der Waals surface area contributed by atoms with Gasteiger partial charge in [0, 0.05) is 12.2 Å². The molecule has 0 aromatic heterocycles. The van der Waals surface area contributed by atoms with Crippen LogP contribution in [0.4, 0.5) is 26.3 Å². The third kappa shape index (κ3) is 9.71. The number of hydrogen-bond acceptors (Lipinski definition) is 8. The molecule has 0 N–H and O–H groups in total. The normalized spacial score (nSPS) is 11.2. The van der Waals surface area contributed by atoms with E-state index in [9.17, 15) is 35.9 Å². The number of alkyl halides is 6. The van der Waals surface area contributed by atoms with Crippen molar-refractivity contribution in [3.05, 3.63) is 108 Å².